The molecular weight excluding hydrogens is 223 g/mol. The minimum atomic E-state index is 0.0951. The number of hydrogen-bond donors (Lipinski definition) is 0. The number of pyridine rings is 1. The Kier molecular flexibility index (Phi) is 4.13. The third kappa shape index (κ3) is 3.20. The van der Waals surface area contributed by atoms with Crippen LogP contribution in [0.5, 0.6) is 0 Å². The average molecular weight is 240 g/mol. The number of hydrogen-bond acceptors (Lipinski definition) is 2. The molecule has 0 radical (unpaired) electrons. The second-order valence-electron chi connectivity index (χ2n) is 3.65. The SMILES string of the molecule is [BH3-][n+]1ccccc1/C(C)=N/OCc1ccccc1. The van der Waals surface area contributed by atoms with E-state index in [0.29, 0.717) is 6.61 Å². The Morgan fingerprint density at radius 2 is 1.89 bits per heavy atom. The molecule has 18 heavy (non-hydrogen) atoms. The highest BCUT2D eigenvalue weighted by Gasteiger charge is 2.04. The number of nitrogens with zero attached hydrogens (tertiary/aromatic N) is 2. The van der Waals surface area contributed by atoms with Gasteiger partial charge in [-0.2, -0.15) is 0 Å². The number of benzene rings is 1. The molecule has 0 N–H and O–H groups in total. The summed E-state index contributed by atoms with van der Waals surface area (Å²) in [4.78, 5) is 5.39. The summed E-state index contributed by atoms with van der Waals surface area (Å²) in [7, 11) is 0.0951. The van der Waals surface area contributed by atoms with Gasteiger partial charge in [-0.1, -0.05) is 41.6 Å². The first-order valence-electron chi connectivity index (χ1n) is 5.48. The Labute approximate surface area is 108 Å². The first-order chi connectivity index (χ1) is 8.77. The highest BCUT2D eigenvalue weighted by atomic mass is 16.6. The summed E-state index contributed by atoms with van der Waals surface area (Å²) < 4.78 is 2.27. The third-order valence-electron chi connectivity index (χ3n) is 2.31. The molecule has 0 aliphatic rings. The first-order valence-corrected chi connectivity index (χ1v) is 5.48. The van der Waals surface area contributed by atoms with Crippen molar-refractivity contribution in [3.05, 3.63) is 66.0 Å². The second kappa shape index (κ2) is 6.01. The van der Waals surface area contributed by atoms with Crippen molar-refractivity contribution in [2.45, 2.75) is 13.5 Å². The van der Waals surface area contributed by atoms with Crippen LogP contribution in [0.1, 0.15) is 18.2 Å². The fourth-order valence-corrected chi connectivity index (χ4v) is 1.40. The molecule has 3 nitrogen and oxygen atoms in total. The highest BCUT2D eigenvalue weighted by Crippen LogP contribution is 2.02. The quantitative estimate of drug-likeness (QED) is 0.445. The van der Waals surface area contributed by atoms with Crippen molar-refractivity contribution in [1.29, 1.82) is 0 Å². The Morgan fingerprint density at radius 1 is 1.17 bits per heavy atom. The van der Waals surface area contributed by atoms with Crippen LogP contribution in [0.25, 0.3) is 0 Å². The van der Waals surface area contributed by atoms with Crippen molar-refractivity contribution in [3.63, 3.8) is 0 Å². The van der Waals surface area contributed by atoms with Gasteiger partial charge < -0.3 is 9.32 Å². The van der Waals surface area contributed by atoms with E-state index in [1.807, 2.05) is 43.3 Å². The van der Waals surface area contributed by atoms with E-state index >= 15 is 0 Å². The standard InChI is InChI=1S/C14H17BN2O/c1-12(14-9-5-6-10-17(14)15)16-18-11-13-7-3-2-4-8-13/h2-10H,11H2,1,15H3/b16-12+. The van der Waals surface area contributed by atoms with E-state index in [1.165, 1.54) is 0 Å². The van der Waals surface area contributed by atoms with Crippen molar-refractivity contribution in [2.24, 2.45) is 5.16 Å². The molecule has 0 amide bonds. The maximum absolute atomic E-state index is 5.39. The van der Waals surface area contributed by atoms with Crippen molar-refractivity contribution >= 4 is 13.7 Å². The largest absolute Gasteiger partial charge is 0.427 e. The van der Waals surface area contributed by atoms with Crippen LogP contribution in [-0.4, -0.2) is 13.7 Å². The van der Waals surface area contributed by atoms with E-state index in [2.05, 4.69) is 28.0 Å². The van der Waals surface area contributed by atoms with Crippen molar-refractivity contribution < 1.29 is 9.32 Å². The number of oxime groups is 1. The predicted octanol–water partition coefficient (Wildman–Crippen LogP) is 1.04. The van der Waals surface area contributed by atoms with Crippen LogP contribution < -0.4 is 4.48 Å². The monoisotopic (exact) mass is 240 g/mol. The summed E-state index contributed by atoms with van der Waals surface area (Å²) in [6.07, 6.45) is 2.10. The maximum atomic E-state index is 5.39. The van der Waals surface area contributed by atoms with Crippen LogP contribution in [0.2, 0.25) is 0 Å². The molecule has 0 bridgehead atoms. The van der Waals surface area contributed by atoms with Crippen LogP contribution in [0.4, 0.5) is 0 Å². The summed E-state index contributed by atoms with van der Waals surface area (Å²) in [6, 6.07) is 16.2. The lowest BCUT2D eigenvalue weighted by Crippen LogP contribution is -2.37. The van der Waals surface area contributed by atoms with Crippen LogP contribution >= 0.6 is 0 Å². The lowest BCUT2D eigenvalue weighted by Gasteiger charge is -2.04. The van der Waals surface area contributed by atoms with Gasteiger partial charge in [-0.25, -0.2) is 0 Å². The smallest absolute Gasteiger partial charge is 0.240 e. The molecule has 1 aromatic heterocycles. The van der Waals surface area contributed by atoms with E-state index in [-0.39, 0.29) is 7.98 Å². The maximum Gasteiger partial charge on any atom is 0.240 e. The zero-order chi connectivity index (χ0) is 12.8. The summed E-state index contributed by atoms with van der Waals surface area (Å²) in [5, 5.41) is 4.19. The molecule has 0 saturated heterocycles. The summed E-state index contributed by atoms with van der Waals surface area (Å²) >= 11 is 0. The normalized spacial score (nSPS) is 11.3. The van der Waals surface area contributed by atoms with E-state index in [0.717, 1.165) is 17.0 Å². The molecule has 4 heteroatoms. The molecule has 0 atom stereocenters. The van der Waals surface area contributed by atoms with Crippen LogP contribution in [0.15, 0.2) is 59.9 Å². The van der Waals surface area contributed by atoms with E-state index in [1.54, 1.807) is 0 Å². The molecule has 0 fully saturated rings. The Balaban J connectivity index is 2.00. The van der Waals surface area contributed by atoms with Gasteiger partial charge in [0.25, 0.3) is 0 Å². The van der Waals surface area contributed by atoms with Gasteiger partial charge in [-0.05, 0) is 18.6 Å². The molecule has 0 aliphatic carbocycles. The van der Waals surface area contributed by atoms with E-state index in [4.69, 9.17) is 4.84 Å². The van der Waals surface area contributed by atoms with Gasteiger partial charge in [0.05, 0.1) is 0 Å². The molecule has 0 saturated carbocycles. The zero-order valence-electron chi connectivity index (χ0n) is 9.71. The van der Waals surface area contributed by atoms with E-state index in [9.17, 15) is 0 Å². The van der Waals surface area contributed by atoms with Gasteiger partial charge in [0.15, 0.2) is 5.69 Å². The molecule has 1 heterocycles. The Bertz CT molecular complexity index is 541. The fourth-order valence-electron chi connectivity index (χ4n) is 1.40. The zero-order valence-corrected chi connectivity index (χ0v) is 9.71. The minimum absolute atomic E-state index is 0.0951. The Morgan fingerprint density at radius 3 is 2.61 bits per heavy atom. The second-order valence-corrected chi connectivity index (χ2v) is 3.65. The van der Waals surface area contributed by atoms with Gasteiger partial charge in [-0.3, -0.25) is 0 Å². The van der Waals surface area contributed by atoms with Crippen LogP contribution in [-0.2, 0) is 11.4 Å². The summed E-state index contributed by atoms with van der Waals surface area (Å²) in [5.74, 6) is 0. The molecule has 0 unspecified atom stereocenters. The topological polar surface area (TPSA) is 25.5 Å². The molecule has 0 aliphatic heterocycles. The van der Waals surface area contributed by atoms with Gasteiger partial charge in [0.2, 0.25) is 7.98 Å². The molecule has 0 spiro atoms. The van der Waals surface area contributed by atoms with Gasteiger partial charge in [0, 0.05) is 6.07 Å². The Hall–Kier alpha value is -2.10. The lowest BCUT2D eigenvalue weighted by molar-refractivity contribution is -0.523. The number of rotatable bonds is 4. The van der Waals surface area contributed by atoms with Crippen molar-refractivity contribution in [2.75, 3.05) is 0 Å². The van der Waals surface area contributed by atoms with Crippen LogP contribution in [0, 0.1) is 0 Å². The minimum Gasteiger partial charge on any atom is -0.427 e. The first kappa shape index (κ1) is 12.4. The lowest BCUT2D eigenvalue weighted by atomic mass is 10.2. The summed E-state index contributed by atoms with van der Waals surface area (Å²) in [5.41, 5.74) is 3.22. The average Bonchev–Trinajstić information content (AvgIpc) is 2.40. The highest BCUT2D eigenvalue weighted by molar-refractivity contribution is 6.00. The van der Waals surface area contributed by atoms with Crippen LogP contribution in [0.3, 0.4) is 0 Å². The number of aromatic nitrogens is 1. The molecule has 2 rings (SSSR count). The van der Waals surface area contributed by atoms with E-state index < -0.39 is 0 Å². The van der Waals surface area contributed by atoms with Crippen molar-refractivity contribution in [3.8, 4) is 0 Å². The van der Waals surface area contributed by atoms with Gasteiger partial charge in [0.1, 0.15) is 18.5 Å². The molecule has 1 aromatic carbocycles. The molecule has 2 aromatic rings. The van der Waals surface area contributed by atoms with Gasteiger partial charge in [-0.15, -0.1) is 0 Å². The fraction of sp³-hybridized carbons (Fsp3) is 0.143. The predicted molar refractivity (Wildman–Crippen MR) is 75.4 cm³/mol. The van der Waals surface area contributed by atoms with Crippen molar-refractivity contribution in [1.82, 2.24) is 0 Å². The van der Waals surface area contributed by atoms with Gasteiger partial charge >= 0.3 is 0 Å². The molecular formula is C14H17BN2O. The summed E-state index contributed by atoms with van der Waals surface area (Å²) in [6.45, 7) is 2.50. The molecule has 92 valence electrons. The third-order valence-corrected chi connectivity index (χ3v) is 2.31.